The molecule has 1 heterocycles. The Hall–Kier alpha value is -2.37. The molecular formula is C13H17N5O. The molecule has 1 aromatic carbocycles. The third-order valence-electron chi connectivity index (χ3n) is 3.08. The van der Waals surface area contributed by atoms with E-state index in [1.807, 2.05) is 26.0 Å². The number of benzene rings is 1. The molecule has 0 saturated heterocycles. The number of rotatable bonds is 4. The van der Waals surface area contributed by atoms with Crippen LogP contribution in [-0.4, -0.2) is 21.1 Å². The number of anilines is 1. The van der Waals surface area contributed by atoms with Crippen LogP contribution in [0.5, 0.6) is 0 Å². The number of carbonyl (C=O) groups is 1. The Labute approximate surface area is 111 Å². The first-order valence-electron chi connectivity index (χ1n) is 5.98. The van der Waals surface area contributed by atoms with E-state index < -0.39 is 5.41 Å². The van der Waals surface area contributed by atoms with E-state index in [9.17, 15) is 4.79 Å². The van der Waals surface area contributed by atoms with Gasteiger partial charge in [0.25, 0.3) is 0 Å². The van der Waals surface area contributed by atoms with Crippen molar-refractivity contribution in [1.29, 1.82) is 0 Å². The number of aromatic nitrogens is 3. The number of H-pyrrole nitrogens is 1. The van der Waals surface area contributed by atoms with Gasteiger partial charge < -0.3 is 11.1 Å². The minimum atomic E-state index is -0.631. The molecular weight excluding hydrogens is 242 g/mol. The van der Waals surface area contributed by atoms with E-state index in [1.54, 1.807) is 12.1 Å². The highest BCUT2D eigenvalue weighted by atomic mass is 16.2. The first kappa shape index (κ1) is 13.1. The van der Waals surface area contributed by atoms with Gasteiger partial charge in [-0.1, -0.05) is 12.1 Å². The lowest BCUT2D eigenvalue weighted by atomic mass is 9.83. The summed E-state index contributed by atoms with van der Waals surface area (Å²) >= 11 is 0. The van der Waals surface area contributed by atoms with Crippen LogP contribution in [0.25, 0.3) is 0 Å². The number of amides is 1. The summed E-state index contributed by atoms with van der Waals surface area (Å²) in [5.74, 6) is 0.551. The van der Waals surface area contributed by atoms with Gasteiger partial charge in [0.15, 0.2) is 0 Å². The Kier molecular flexibility index (Phi) is 3.50. The number of hydrogen-bond donors (Lipinski definition) is 3. The Bertz CT molecular complexity index is 545. The molecule has 0 atom stereocenters. The molecule has 0 aliphatic carbocycles. The third-order valence-corrected chi connectivity index (χ3v) is 3.08. The smallest absolute Gasteiger partial charge is 0.230 e. The van der Waals surface area contributed by atoms with Crippen LogP contribution in [0.15, 0.2) is 30.6 Å². The zero-order valence-corrected chi connectivity index (χ0v) is 11.0. The molecule has 6 nitrogen and oxygen atoms in total. The zero-order chi connectivity index (χ0) is 13.9. The van der Waals surface area contributed by atoms with Gasteiger partial charge in [-0.05, 0) is 31.5 Å². The summed E-state index contributed by atoms with van der Waals surface area (Å²) in [4.78, 5) is 16.2. The first-order valence-corrected chi connectivity index (χ1v) is 5.98. The van der Waals surface area contributed by atoms with E-state index >= 15 is 0 Å². The summed E-state index contributed by atoms with van der Waals surface area (Å²) in [5, 5.41) is 9.26. The average Bonchev–Trinajstić information content (AvgIpc) is 2.89. The van der Waals surface area contributed by atoms with E-state index in [-0.39, 0.29) is 5.91 Å². The normalized spacial score (nSPS) is 11.3. The molecule has 19 heavy (non-hydrogen) atoms. The minimum absolute atomic E-state index is 0.0753. The van der Waals surface area contributed by atoms with Crippen molar-refractivity contribution in [3.8, 4) is 0 Å². The SMILES string of the molecule is CC(C)(C(=O)NCc1ncn[nH]1)c1ccc(N)cc1. The quantitative estimate of drug-likeness (QED) is 0.713. The lowest BCUT2D eigenvalue weighted by Gasteiger charge is -2.24. The van der Waals surface area contributed by atoms with Crippen LogP contribution in [0, 0.1) is 0 Å². The molecule has 6 heteroatoms. The highest BCUT2D eigenvalue weighted by Gasteiger charge is 2.29. The maximum Gasteiger partial charge on any atom is 0.230 e. The summed E-state index contributed by atoms with van der Waals surface area (Å²) in [6.45, 7) is 4.07. The maximum absolute atomic E-state index is 12.2. The average molecular weight is 259 g/mol. The maximum atomic E-state index is 12.2. The van der Waals surface area contributed by atoms with Crippen molar-refractivity contribution in [3.63, 3.8) is 0 Å². The molecule has 2 aromatic rings. The molecule has 0 spiro atoms. The summed E-state index contributed by atoms with van der Waals surface area (Å²) in [6, 6.07) is 7.31. The number of nitrogens with two attached hydrogens (primary N) is 1. The van der Waals surface area contributed by atoms with Crippen LogP contribution >= 0.6 is 0 Å². The molecule has 0 saturated carbocycles. The Balaban J connectivity index is 2.06. The number of nitrogens with zero attached hydrogens (tertiary/aromatic N) is 2. The fraction of sp³-hybridized carbons (Fsp3) is 0.308. The monoisotopic (exact) mass is 259 g/mol. The van der Waals surface area contributed by atoms with Crippen LogP contribution in [0.1, 0.15) is 25.2 Å². The molecule has 0 bridgehead atoms. The molecule has 1 amide bonds. The van der Waals surface area contributed by atoms with Gasteiger partial charge in [-0.3, -0.25) is 9.89 Å². The minimum Gasteiger partial charge on any atom is -0.399 e. The number of hydrogen-bond acceptors (Lipinski definition) is 4. The van der Waals surface area contributed by atoms with Gasteiger partial charge in [-0.25, -0.2) is 4.98 Å². The number of carbonyl (C=O) groups excluding carboxylic acids is 1. The molecule has 0 unspecified atom stereocenters. The van der Waals surface area contributed by atoms with Crippen LogP contribution in [-0.2, 0) is 16.8 Å². The van der Waals surface area contributed by atoms with Gasteiger partial charge in [0.1, 0.15) is 12.2 Å². The van der Waals surface area contributed by atoms with Crippen LogP contribution in [0.3, 0.4) is 0 Å². The summed E-state index contributed by atoms with van der Waals surface area (Å²) in [7, 11) is 0. The second-order valence-corrected chi connectivity index (χ2v) is 4.86. The summed E-state index contributed by atoms with van der Waals surface area (Å²) in [6.07, 6.45) is 1.41. The van der Waals surface area contributed by atoms with E-state index in [4.69, 9.17) is 5.73 Å². The molecule has 100 valence electrons. The lowest BCUT2D eigenvalue weighted by Crippen LogP contribution is -2.39. The number of nitrogens with one attached hydrogen (secondary N) is 2. The second-order valence-electron chi connectivity index (χ2n) is 4.86. The molecule has 1 aromatic heterocycles. The van der Waals surface area contributed by atoms with Gasteiger partial charge in [0, 0.05) is 5.69 Å². The second kappa shape index (κ2) is 5.09. The van der Waals surface area contributed by atoms with Gasteiger partial charge >= 0.3 is 0 Å². The van der Waals surface area contributed by atoms with E-state index in [1.165, 1.54) is 6.33 Å². The van der Waals surface area contributed by atoms with Crippen molar-refractivity contribution in [3.05, 3.63) is 42.0 Å². The van der Waals surface area contributed by atoms with Crippen molar-refractivity contribution in [1.82, 2.24) is 20.5 Å². The number of nitrogen functional groups attached to an aromatic ring is 1. The van der Waals surface area contributed by atoms with Crippen molar-refractivity contribution < 1.29 is 4.79 Å². The summed E-state index contributed by atoms with van der Waals surface area (Å²) < 4.78 is 0. The van der Waals surface area contributed by atoms with Crippen LogP contribution in [0.2, 0.25) is 0 Å². The van der Waals surface area contributed by atoms with Crippen molar-refractivity contribution in [2.45, 2.75) is 25.8 Å². The van der Waals surface area contributed by atoms with Gasteiger partial charge in [-0.2, -0.15) is 5.10 Å². The topological polar surface area (TPSA) is 96.7 Å². The van der Waals surface area contributed by atoms with Gasteiger partial charge in [0.05, 0.1) is 12.0 Å². The predicted molar refractivity (Wildman–Crippen MR) is 72.1 cm³/mol. The van der Waals surface area contributed by atoms with Crippen molar-refractivity contribution in [2.75, 3.05) is 5.73 Å². The molecule has 2 rings (SSSR count). The lowest BCUT2D eigenvalue weighted by molar-refractivity contribution is -0.125. The van der Waals surface area contributed by atoms with Gasteiger partial charge in [-0.15, -0.1) is 0 Å². The predicted octanol–water partition coefficient (Wildman–Crippen LogP) is 0.981. The standard InChI is InChI=1S/C13H17N5O/c1-13(2,9-3-5-10(14)6-4-9)12(19)15-7-11-16-8-17-18-11/h3-6,8H,7,14H2,1-2H3,(H,15,19)(H,16,17,18). The van der Waals surface area contributed by atoms with Crippen LogP contribution < -0.4 is 11.1 Å². The number of aromatic amines is 1. The first-order chi connectivity index (χ1) is 9.00. The molecule has 4 N–H and O–H groups in total. The Morgan fingerprint density at radius 3 is 2.63 bits per heavy atom. The zero-order valence-electron chi connectivity index (χ0n) is 11.0. The highest BCUT2D eigenvalue weighted by molar-refractivity contribution is 5.87. The van der Waals surface area contributed by atoms with Crippen LogP contribution in [0.4, 0.5) is 5.69 Å². The molecule has 0 radical (unpaired) electrons. The van der Waals surface area contributed by atoms with Crippen molar-refractivity contribution in [2.24, 2.45) is 0 Å². The van der Waals surface area contributed by atoms with E-state index in [2.05, 4.69) is 20.5 Å². The Morgan fingerprint density at radius 2 is 2.05 bits per heavy atom. The molecule has 0 fully saturated rings. The van der Waals surface area contributed by atoms with Crippen molar-refractivity contribution >= 4 is 11.6 Å². The summed E-state index contributed by atoms with van der Waals surface area (Å²) in [5.41, 5.74) is 6.61. The van der Waals surface area contributed by atoms with E-state index in [0.717, 1.165) is 5.56 Å². The highest BCUT2D eigenvalue weighted by Crippen LogP contribution is 2.24. The Morgan fingerprint density at radius 1 is 1.37 bits per heavy atom. The molecule has 0 aliphatic heterocycles. The van der Waals surface area contributed by atoms with Gasteiger partial charge in [0.2, 0.25) is 5.91 Å². The molecule has 0 aliphatic rings. The largest absolute Gasteiger partial charge is 0.399 e. The fourth-order valence-electron chi connectivity index (χ4n) is 1.73. The third kappa shape index (κ3) is 2.90. The van der Waals surface area contributed by atoms with E-state index in [0.29, 0.717) is 18.1 Å². The fourth-order valence-corrected chi connectivity index (χ4v) is 1.73.